The molecular weight excluding hydrogens is 192 g/mol. The Morgan fingerprint density at radius 1 is 1.47 bits per heavy atom. The van der Waals surface area contributed by atoms with Gasteiger partial charge in [-0.25, -0.2) is 0 Å². The summed E-state index contributed by atoms with van der Waals surface area (Å²) in [5.41, 5.74) is 0.471. The molecule has 0 unspecified atom stereocenters. The molecule has 0 aromatic heterocycles. The van der Waals surface area contributed by atoms with Crippen LogP contribution in [-0.4, -0.2) is 30.5 Å². The molecule has 1 saturated carbocycles. The van der Waals surface area contributed by atoms with Gasteiger partial charge in [0.05, 0.1) is 24.6 Å². The Labute approximate surface area is 91.1 Å². The first-order valence-electron chi connectivity index (χ1n) is 5.81. The van der Waals surface area contributed by atoms with Crippen molar-refractivity contribution < 1.29 is 14.6 Å². The number of methoxy groups -OCH3 is 1. The molecule has 3 nitrogen and oxygen atoms in total. The van der Waals surface area contributed by atoms with E-state index in [0.717, 1.165) is 50.7 Å². The standard InChI is InChI=1S/C12H20O3/c1-14-11-4-6-12(13,7-5-11)10-3-2-8-15-9-10/h9,11,13H,2-8H2,1H3. The fourth-order valence-electron chi connectivity index (χ4n) is 2.53. The van der Waals surface area contributed by atoms with Crippen LogP contribution in [-0.2, 0) is 9.47 Å². The molecule has 1 aliphatic heterocycles. The molecule has 1 aliphatic carbocycles. The Morgan fingerprint density at radius 3 is 2.73 bits per heavy atom. The van der Waals surface area contributed by atoms with Gasteiger partial charge in [0.2, 0.25) is 0 Å². The molecular formula is C12H20O3. The van der Waals surface area contributed by atoms with Crippen molar-refractivity contribution in [2.75, 3.05) is 13.7 Å². The highest BCUT2D eigenvalue weighted by Crippen LogP contribution is 2.38. The van der Waals surface area contributed by atoms with E-state index in [2.05, 4.69) is 0 Å². The van der Waals surface area contributed by atoms with Crippen LogP contribution in [0.1, 0.15) is 38.5 Å². The van der Waals surface area contributed by atoms with Crippen LogP contribution in [0.3, 0.4) is 0 Å². The van der Waals surface area contributed by atoms with E-state index in [1.165, 1.54) is 0 Å². The van der Waals surface area contributed by atoms with E-state index in [-0.39, 0.29) is 0 Å². The third-order valence-electron chi connectivity index (χ3n) is 3.62. The van der Waals surface area contributed by atoms with Gasteiger partial charge >= 0.3 is 0 Å². The van der Waals surface area contributed by atoms with Crippen molar-refractivity contribution in [1.29, 1.82) is 0 Å². The van der Waals surface area contributed by atoms with Crippen LogP contribution < -0.4 is 0 Å². The topological polar surface area (TPSA) is 38.7 Å². The van der Waals surface area contributed by atoms with E-state index < -0.39 is 5.60 Å². The minimum Gasteiger partial charge on any atom is -0.501 e. The van der Waals surface area contributed by atoms with Crippen molar-refractivity contribution in [3.63, 3.8) is 0 Å². The molecule has 15 heavy (non-hydrogen) atoms. The zero-order valence-corrected chi connectivity index (χ0v) is 9.37. The molecule has 1 fully saturated rings. The lowest BCUT2D eigenvalue weighted by atomic mass is 9.77. The Bertz CT molecular complexity index is 239. The lowest BCUT2D eigenvalue weighted by Gasteiger charge is -2.38. The highest BCUT2D eigenvalue weighted by molar-refractivity contribution is 5.17. The van der Waals surface area contributed by atoms with Gasteiger partial charge in [-0.3, -0.25) is 0 Å². The van der Waals surface area contributed by atoms with Crippen LogP contribution in [0.5, 0.6) is 0 Å². The van der Waals surface area contributed by atoms with Gasteiger partial charge in [0, 0.05) is 7.11 Å². The monoisotopic (exact) mass is 212 g/mol. The van der Waals surface area contributed by atoms with Gasteiger partial charge in [0.25, 0.3) is 0 Å². The minimum absolute atomic E-state index is 0.329. The zero-order valence-electron chi connectivity index (χ0n) is 9.37. The van der Waals surface area contributed by atoms with Crippen molar-refractivity contribution in [3.8, 4) is 0 Å². The summed E-state index contributed by atoms with van der Waals surface area (Å²) in [5, 5.41) is 10.5. The summed E-state index contributed by atoms with van der Waals surface area (Å²) in [7, 11) is 1.75. The first kappa shape index (κ1) is 11.0. The van der Waals surface area contributed by atoms with E-state index in [1.54, 1.807) is 13.4 Å². The third kappa shape index (κ3) is 2.34. The number of hydrogen-bond donors (Lipinski definition) is 1. The van der Waals surface area contributed by atoms with Crippen molar-refractivity contribution in [2.24, 2.45) is 0 Å². The average Bonchev–Trinajstić information content (AvgIpc) is 2.31. The van der Waals surface area contributed by atoms with Crippen molar-refractivity contribution in [3.05, 3.63) is 11.8 Å². The first-order valence-corrected chi connectivity index (χ1v) is 5.81. The second kappa shape index (κ2) is 4.54. The summed E-state index contributed by atoms with van der Waals surface area (Å²) >= 11 is 0. The van der Waals surface area contributed by atoms with Gasteiger partial charge < -0.3 is 14.6 Å². The van der Waals surface area contributed by atoms with Crippen LogP contribution in [0.2, 0.25) is 0 Å². The summed E-state index contributed by atoms with van der Waals surface area (Å²) in [6.45, 7) is 0.792. The number of ether oxygens (including phenoxy) is 2. The van der Waals surface area contributed by atoms with E-state index in [1.807, 2.05) is 0 Å². The lowest BCUT2D eigenvalue weighted by Crippen LogP contribution is -2.38. The average molecular weight is 212 g/mol. The van der Waals surface area contributed by atoms with Crippen LogP contribution in [0, 0.1) is 0 Å². The van der Waals surface area contributed by atoms with Gasteiger partial charge in [0.1, 0.15) is 0 Å². The maximum absolute atomic E-state index is 10.5. The second-order valence-electron chi connectivity index (χ2n) is 4.58. The summed E-state index contributed by atoms with van der Waals surface area (Å²) in [6, 6.07) is 0. The lowest BCUT2D eigenvalue weighted by molar-refractivity contribution is -0.0261. The molecule has 3 heteroatoms. The number of aliphatic hydroxyl groups is 1. The highest BCUT2D eigenvalue weighted by Gasteiger charge is 2.37. The summed E-state index contributed by atoms with van der Waals surface area (Å²) in [5.74, 6) is 0. The van der Waals surface area contributed by atoms with Crippen LogP contribution in [0.15, 0.2) is 11.8 Å². The van der Waals surface area contributed by atoms with Gasteiger partial charge in [-0.05, 0) is 44.1 Å². The fraction of sp³-hybridized carbons (Fsp3) is 0.833. The maximum Gasteiger partial charge on any atom is 0.0891 e. The van der Waals surface area contributed by atoms with Crippen LogP contribution >= 0.6 is 0 Å². The molecule has 2 aliphatic rings. The van der Waals surface area contributed by atoms with Crippen LogP contribution in [0.25, 0.3) is 0 Å². The number of hydrogen-bond acceptors (Lipinski definition) is 3. The Hall–Kier alpha value is -0.540. The molecule has 1 heterocycles. The van der Waals surface area contributed by atoms with Crippen molar-refractivity contribution in [1.82, 2.24) is 0 Å². The van der Waals surface area contributed by atoms with Crippen molar-refractivity contribution in [2.45, 2.75) is 50.2 Å². The first-order chi connectivity index (χ1) is 7.24. The van der Waals surface area contributed by atoms with E-state index in [9.17, 15) is 5.11 Å². The fourth-order valence-corrected chi connectivity index (χ4v) is 2.53. The molecule has 86 valence electrons. The predicted molar refractivity (Wildman–Crippen MR) is 57.5 cm³/mol. The molecule has 1 N–H and O–H groups in total. The van der Waals surface area contributed by atoms with Gasteiger partial charge in [0.15, 0.2) is 0 Å². The molecule has 0 bridgehead atoms. The molecule has 0 aromatic carbocycles. The molecule has 0 amide bonds. The molecule has 0 saturated heterocycles. The maximum atomic E-state index is 10.5. The van der Waals surface area contributed by atoms with Gasteiger partial charge in [-0.15, -0.1) is 0 Å². The SMILES string of the molecule is COC1CCC(O)(C2=COCCC2)CC1. The summed E-state index contributed by atoms with van der Waals surface area (Å²) in [6.07, 6.45) is 7.62. The minimum atomic E-state index is -0.616. The smallest absolute Gasteiger partial charge is 0.0891 e. The molecule has 2 rings (SSSR count). The van der Waals surface area contributed by atoms with Crippen molar-refractivity contribution >= 4 is 0 Å². The van der Waals surface area contributed by atoms with E-state index in [4.69, 9.17) is 9.47 Å². The predicted octanol–water partition coefficient (Wildman–Crippen LogP) is 2.00. The Morgan fingerprint density at radius 2 is 2.20 bits per heavy atom. The van der Waals surface area contributed by atoms with E-state index in [0.29, 0.717) is 6.10 Å². The molecule has 0 aromatic rings. The Balaban J connectivity index is 1.98. The molecule has 0 spiro atoms. The Kier molecular flexibility index (Phi) is 3.32. The highest BCUT2D eigenvalue weighted by atomic mass is 16.5. The van der Waals surface area contributed by atoms with E-state index >= 15 is 0 Å². The van der Waals surface area contributed by atoms with Crippen LogP contribution in [0.4, 0.5) is 0 Å². The molecule has 0 radical (unpaired) electrons. The quantitative estimate of drug-likeness (QED) is 0.761. The normalized spacial score (nSPS) is 36.9. The third-order valence-corrected chi connectivity index (χ3v) is 3.62. The second-order valence-corrected chi connectivity index (χ2v) is 4.58. The largest absolute Gasteiger partial charge is 0.501 e. The van der Waals surface area contributed by atoms with Gasteiger partial charge in [-0.1, -0.05) is 0 Å². The number of rotatable bonds is 2. The zero-order chi connectivity index (χ0) is 10.7. The summed E-state index contributed by atoms with van der Waals surface area (Å²) in [4.78, 5) is 0. The molecule has 0 atom stereocenters. The van der Waals surface area contributed by atoms with Gasteiger partial charge in [-0.2, -0.15) is 0 Å². The summed E-state index contributed by atoms with van der Waals surface area (Å²) < 4.78 is 10.6.